The van der Waals surface area contributed by atoms with Crippen LogP contribution in [0.1, 0.15) is 52.4 Å². The zero-order valence-electron chi connectivity index (χ0n) is 10.8. The van der Waals surface area contributed by atoms with Crippen LogP contribution in [-0.2, 0) is 0 Å². The van der Waals surface area contributed by atoms with Gasteiger partial charge in [-0.1, -0.05) is 50.0 Å². The molecule has 4 nitrogen and oxygen atoms in total. The van der Waals surface area contributed by atoms with Crippen LogP contribution in [0.15, 0.2) is 0 Å². The molecular formula is C12H22N2O2S. The summed E-state index contributed by atoms with van der Waals surface area (Å²) in [7, 11) is -0.439. The molecule has 0 aromatic heterocycles. The van der Waals surface area contributed by atoms with Gasteiger partial charge in [0.25, 0.3) is 0 Å². The third-order valence-corrected chi connectivity index (χ3v) is 4.87. The van der Waals surface area contributed by atoms with Crippen molar-refractivity contribution in [1.29, 1.82) is 5.26 Å². The standard InChI is InChI=1S/C12H22N2O2S/c1-3-5-7-9-17(10-8-6-4-2)12(11-13)14(15)16/h3-10H2,1-2H3. The molecular weight excluding hydrogens is 236 g/mol. The number of rotatable bonds is 8. The third-order valence-electron chi connectivity index (χ3n) is 2.52. The normalized spacial score (nSPS) is 10.2. The minimum absolute atomic E-state index is 0.114. The van der Waals surface area contributed by atoms with Crippen LogP contribution in [0, 0.1) is 21.4 Å². The second-order valence-electron chi connectivity index (χ2n) is 3.99. The van der Waals surface area contributed by atoms with Gasteiger partial charge in [0, 0.05) is 0 Å². The molecule has 0 rings (SSSR count). The van der Waals surface area contributed by atoms with Gasteiger partial charge in [-0.25, -0.2) is 0 Å². The van der Waals surface area contributed by atoms with Crippen LogP contribution < -0.4 is 0 Å². The lowest BCUT2D eigenvalue weighted by Crippen LogP contribution is -2.12. The van der Waals surface area contributed by atoms with Crippen LogP contribution in [-0.4, -0.2) is 21.4 Å². The smallest absolute Gasteiger partial charge is 0.257 e. The summed E-state index contributed by atoms with van der Waals surface area (Å²) in [5.41, 5.74) is 0. The van der Waals surface area contributed by atoms with E-state index >= 15 is 0 Å². The predicted octanol–water partition coefficient (Wildman–Crippen LogP) is 3.57. The molecule has 0 spiro atoms. The van der Waals surface area contributed by atoms with E-state index in [-0.39, 0.29) is 4.99 Å². The molecule has 0 heterocycles. The summed E-state index contributed by atoms with van der Waals surface area (Å²) < 4.78 is 0. The second kappa shape index (κ2) is 10.3. The molecule has 98 valence electrons. The molecule has 0 N–H and O–H groups in total. The van der Waals surface area contributed by atoms with E-state index in [1.807, 2.05) is 0 Å². The van der Waals surface area contributed by atoms with Gasteiger partial charge in [0.1, 0.15) is 0 Å². The Hall–Kier alpha value is -0.890. The van der Waals surface area contributed by atoms with Crippen molar-refractivity contribution in [2.75, 3.05) is 11.5 Å². The number of nitro groups is 1. The molecule has 0 fully saturated rings. The molecule has 0 unspecified atom stereocenters. The highest BCUT2D eigenvalue weighted by Gasteiger charge is 2.16. The maximum atomic E-state index is 10.8. The maximum absolute atomic E-state index is 10.8. The number of hydrogen-bond donors (Lipinski definition) is 0. The summed E-state index contributed by atoms with van der Waals surface area (Å²) in [6.07, 6.45) is 6.37. The Bertz CT molecular complexity index is 296. The third kappa shape index (κ3) is 7.11. The molecule has 0 aliphatic carbocycles. The molecule has 0 aliphatic rings. The van der Waals surface area contributed by atoms with E-state index in [1.165, 1.54) is 0 Å². The Kier molecular flexibility index (Phi) is 9.74. The van der Waals surface area contributed by atoms with Crippen LogP contribution in [0.25, 0.3) is 0 Å². The summed E-state index contributed by atoms with van der Waals surface area (Å²) in [5.74, 6) is 1.61. The van der Waals surface area contributed by atoms with Gasteiger partial charge in [-0.05, 0) is 24.3 Å². The van der Waals surface area contributed by atoms with Crippen LogP contribution >= 0.6 is 10.5 Å². The van der Waals surface area contributed by atoms with E-state index in [9.17, 15) is 10.1 Å². The minimum Gasteiger partial charge on any atom is -0.257 e. The highest BCUT2D eigenvalue weighted by atomic mass is 32.2. The Morgan fingerprint density at radius 3 is 1.94 bits per heavy atom. The average molecular weight is 258 g/mol. The molecule has 0 bridgehead atoms. The van der Waals surface area contributed by atoms with Crippen molar-refractivity contribution in [3.05, 3.63) is 10.1 Å². The van der Waals surface area contributed by atoms with E-state index in [2.05, 4.69) is 13.8 Å². The molecule has 0 amide bonds. The Morgan fingerprint density at radius 1 is 1.18 bits per heavy atom. The van der Waals surface area contributed by atoms with Crippen LogP contribution in [0.3, 0.4) is 0 Å². The molecule has 0 radical (unpaired) electrons. The first kappa shape index (κ1) is 16.1. The fourth-order valence-electron chi connectivity index (χ4n) is 1.56. The van der Waals surface area contributed by atoms with Gasteiger partial charge in [0.15, 0.2) is 6.07 Å². The lowest BCUT2D eigenvalue weighted by Gasteiger charge is -2.07. The minimum atomic E-state index is -0.485. The topological polar surface area (TPSA) is 66.9 Å². The van der Waals surface area contributed by atoms with Crippen LogP contribution in [0.4, 0.5) is 0 Å². The Labute approximate surface area is 106 Å². The first-order valence-corrected chi connectivity index (χ1v) is 7.82. The molecule has 0 atom stereocenters. The molecule has 0 aromatic rings. The highest BCUT2D eigenvalue weighted by molar-refractivity contribution is 8.16. The quantitative estimate of drug-likeness (QED) is 0.289. The van der Waals surface area contributed by atoms with Gasteiger partial charge in [-0.3, -0.25) is 10.1 Å². The van der Waals surface area contributed by atoms with Crippen molar-refractivity contribution < 1.29 is 4.92 Å². The maximum Gasteiger partial charge on any atom is 0.370 e. The van der Waals surface area contributed by atoms with Crippen molar-refractivity contribution in [2.45, 2.75) is 52.4 Å². The fraction of sp³-hybridized carbons (Fsp3) is 0.833. The summed E-state index contributed by atoms with van der Waals surface area (Å²) in [5, 5.41) is 19.6. The van der Waals surface area contributed by atoms with Crippen LogP contribution in [0.5, 0.6) is 0 Å². The number of nitriles is 1. The lowest BCUT2D eigenvalue weighted by atomic mass is 10.3. The van der Waals surface area contributed by atoms with Crippen molar-refractivity contribution in [1.82, 2.24) is 0 Å². The summed E-state index contributed by atoms with van der Waals surface area (Å²) in [4.78, 5) is 10.2. The van der Waals surface area contributed by atoms with Gasteiger partial charge in [-0.15, -0.1) is 0 Å². The fourth-order valence-corrected chi connectivity index (χ4v) is 3.59. The van der Waals surface area contributed by atoms with Gasteiger partial charge >= 0.3 is 4.99 Å². The predicted molar refractivity (Wildman–Crippen MR) is 74.0 cm³/mol. The Balaban J connectivity index is 4.58. The molecule has 0 saturated carbocycles. The lowest BCUT2D eigenvalue weighted by molar-refractivity contribution is -0.342. The monoisotopic (exact) mass is 258 g/mol. The average Bonchev–Trinajstić information content (AvgIpc) is 2.29. The first-order chi connectivity index (χ1) is 8.17. The van der Waals surface area contributed by atoms with Gasteiger partial charge in [-0.2, -0.15) is 5.26 Å². The van der Waals surface area contributed by atoms with Gasteiger partial charge in [0.05, 0.1) is 4.92 Å². The van der Waals surface area contributed by atoms with Crippen molar-refractivity contribution in [3.63, 3.8) is 0 Å². The van der Waals surface area contributed by atoms with E-state index < -0.39 is 15.4 Å². The molecule has 0 saturated heterocycles. The largest absolute Gasteiger partial charge is 0.370 e. The Morgan fingerprint density at radius 2 is 1.65 bits per heavy atom. The SMILES string of the molecule is CCCCCS(CCCCC)=C(C#N)[N+](=O)[O-]. The van der Waals surface area contributed by atoms with Crippen molar-refractivity contribution in [2.24, 2.45) is 0 Å². The first-order valence-electron chi connectivity index (χ1n) is 6.26. The van der Waals surface area contributed by atoms with Crippen molar-refractivity contribution >= 4 is 15.5 Å². The zero-order valence-corrected chi connectivity index (χ0v) is 11.6. The van der Waals surface area contributed by atoms with Crippen LogP contribution in [0.2, 0.25) is 0 Å². The van der Waals surface area contributed by atoms with E-state index in [1.54, 1.807) is 6.07 Å². The van der Waals surface area contributed by atoms with E-state index in [0.29, 0.717) is 0 Å². The van der Waals surface area contributed by atoms with Gasteiger partial charge in [0.2, 0.25) is 0 Å². The molecule has 17 heavy (non-hydrogen) atoms. The number of nitrogens with zero attached hydrogens (tertiary/aromatic N) is 2. The second-order valence-corrected chi connectivity index (χ2v) is 6.18. The van der Waals surface area contributed by atoms with E-state index in [4.69, 9.17) is 5.26 Å². The number of unbranched alkanes of at least 4 members (excludes halogenated alkanes) is 4. The van der Waals surface area contributed by atoms with Crippen molar-refractivity contribution in [3.8, 4) is 6.07 Å². The van der Waals surface area contributed by atoms with Gasteiger partial charge < -0.3 is 0 Å². The molecule has 0 aromatic carbocycles. The highest BCUT2D eigenvalue weighted by Crippen LogP contribution is 2.21. The number of hydrogen-bond acceptors (Lipinski definition) is 3. The zero-order chi connectivity index (χ0) is 13.1. The summed E-state index contributed by atoms with van der Waals surface area (Å²) in [6.45, 7) is 4.22. The molecule has 5 heteroatoms. The summed E-state index contributed by atoms with van der Waals surface area (Å²) in [6, 6.07) is 1.79. The van der Waals surface area contributed by atoms with E-state index in [0.717, 1.165) is 50.0 Å². The molecule has 0 aliphatic heterocycles. The summed E-state index contributed by atoms with van der Waals surface area (Å²) >= 11 is 0.